The quantitative estimate of drug-likeness (QED) is 0.542. The Labute approximate surface area is 122 Å². The minimum atomic E-state index is -0.0387. The van der Waals surface area contributed by atoms with Crippen LogP contribution in [-0.4, -0.2) is 13.1 Å². The van der Waals surface area contributed by atoms with Gasteiger partial charge in [-0.05, 0) is 50.0 Å². The Kier molecular flexibility index (Phi) is 5.22. The Bertz CT molecular complexity index is 429. The van der Waals surface area contributed by atoms with Crippen molar-refractivity contribution in [3.63, 3.8) is 0 Å². The number of hydrogen-bond acceptors (Lipinski definition) is 2. The van der Waals surface area contributed by atoms with Crippen LogP contribution in [0.4, 0.5) is 0 Å². The highest BCUT2D eigenvalue weighted by Crippen LogP contribution is 2.48. The first-order valence-corrected chi connectivity index (χ1v) is 7.76. The summed E-state index contributed by atoms with van der Waals surface area (Å²) in [6.45, 7) is 2.12. The highest BCUT2D eigenvalue weighted by atomic mass is 16.5. The van der Waals surface area contributed by atoms with Gasteiger partial charge in [-0.3, -0.25) is 4.79 Å². The van der Waals surface area contributed by atoms with Crippen molar-refractivity contribution in [2.45, 2.75) is 58.3 Å². The molecular weight excluding hydrogens is 248 g/mol. The fourth-order valence-electron chi connectivity index (χ4n) is 3.15. The zero-order valence-electron chi connectivity index (χ0n) is 12.8. The maximum atomic E-state index is 11.5. The zero-order chi connectivity index (χ0) is 14.4. The summed E-state index contributed by atoms with van der Waals surface area (Å²) in [5.41, 5.74) is 3.01. The van der Waals surface area contributed by atoms with Crippen molar-refractivity contribution in [3.8, 4) is 0 Å². The van der Waals surface area contributed by atoms with Crippen molar-refractivity contribution in [1.82, 2.24) is 0 Å². The Morgan fingerprint density at radius 2 is 1.90 bits per heavy atom. The number of ether oxygens (including phenoxy) is 1. The summed E-state index contributed by atoms with van der Waals surface area (Å²) in [5.74, 6) is -0.0387. The molecule has 1 saturated carbocycles. The number of carbonyl (C=O) groups is 1. The van der Waals surface area contributed by atoms with E-state index in [1.165, 1.54) is 56.8 Å². The fraction of sp³-hybridized carbons (Fsp3) is 0.611. The molecule has 0 atom stereocenters. The Balaban J connectivity index is 1.71. The Morgan fingerprint density at radius 3 is 2.45 bits per heavy atom. The standard InChI is InChI=1S/C18H26O2/c1-15-7-9-16(10-8-15)6-3-4-11-18(12-5-13-18)14-17(19)20-2/h7-10H,3-6,11-14H2,1-2H3. The van der Waals surface area contributed by atoms with Gasteiger partial charge in [0.1, 0.15) is 0 Å². The first-order valence-electron chi connectivity index (χ1n) is 7.76. The molecule has 0 N–H and O–H groups in total. The van der Waals surface area contributed by atoms with Gasteiger partial charge in [0.25, 0.3) is 0 Å². The van der Waals surface area contributed by atoms with Crippen LogP contribution in [0.1, 0.15) is 56.1 Å². The third kappa shape index (κ3) is 4.09. The van der Waals surface area contributed by atoms with E-state index in [2.05, 4.69) is 31.2 Å². The van der Waals surface area contributed by atoms with Gasteiger partial charge in [0.05, 0.1) is 13.5 Å². The van der Waals surface area contributed by atoms with Gasteiger partial charge >= 0.3 is 5.97 Å². The lowest BCUT2D eigenvalue weighted by Gasteiger charge is -2.41. The number of esters is 1. The van der Waals surface area contributed by atoms with Crippen molar-refractivity contribution in [3.05, 3.63) is 35.4 Å². The van der Waals surface area contributed by atoms with Crippen LogP contribution in [0.3, 0.4) is 0 Å². The van der Waals surface area contributed by atoms with Gasteiger partial charge in [0.2, 0.25) is 0 Å². The van der Waals surface area contributed by atoms with Gasteiger partial charge in [-0.2, -0.15) is 0 Å². The van der Waals surface area contributed by atoms with E-state index in [4.69, 9.17) is 4.74 Å². The van der Waals surface area contributed by atoms with Crippen LogP contribution in [0, 0.1) is 12.3 Å². The first-order chi connectivity index (χ1) is 9.63. The summed E-state index contributed by atoms with van der Waals surface area (Å²) in [6, 6.07) is 8.81. The molecule has 0 saturated heterocycles. The topological polar surface area (TPSA) is 26.3 Å². The van der Waals surface area contributed by atoms with Crippen molar-refractivity contribution in [2.24, 2.45) is 5.41 Å². The molecule has 1 aromatic rings. The molecule has 0 aliphatic heterocycles. The summed E-state index contributed by atoms with van der Waals surface area (Å²) >= 11 is 0. The van der Waals surface area contributed by atoms with Crippen molar-refractivity contribution < 1.29 is 9.53 Å². The second-order valence-electron chi connectivity index (χ2n) is 6.30. The lowest BCUT2D eigenvalue weighted by atomic mass is 9.64. The number of aryl methyl sites for hydroxylation is 2. The van der Waals surface area contributed by atoms with E-state index < -0.39 is 0 Å². The smallest absolute Gasteiger partial charge is 0.306 e. The van der Waals surface area contributed by atoms with Crippen LogP contribution < -0.4 is 0 Å². The molecule has 2 heteroatoms. The van der Waals surface area contributed by atoms with Crippen molar-refractivity contribution in [1.29, 1.82) is 0 Å². The molecule has 0 heterocycles. The summed E-state index contributed by atoms with van der Waals surface area (Å²) < 4.78 is 4.83. The number of rotatable bonds is 7. The summed E-state index contributed by atoms with van der Waals surface area (Å²) in [4.78, 5) is 11.5. The van der Waals surface area contributed by atoms with Gasteiger partial charge in [0, 0.05) is 0 Å². The monoisotopic (exact) mass is 274 g/mol. The molecule has 110 valence electrons. The largest absolute Gasteiger partial charge is 0.469 e. The van der Waals surface area contributed by atoms with Gasteiger partial charge in [-0.1, -0.05) is 42.7 Å². The van der Waals surface area contributed by atoms with Crippen LogP contribution in [0.15, 0.2) is 24.3 Å². The zero-order valence-corrected chi connectivity index (χ0v) is 12.8. The number of unbranched alkanes of at least 4 members (excludes halogenated alkanes) is 1. The molecule has 0 bridgehead atoms. The molecule has 1 aliphatic rings. The molecular formula is C18H26O2. The average molecular weight is 274 g/mol. The van der Waals surface area contributed by atoms with Crippen molar-refractivity contribution >= 4 is 5.97 Å². The molecule has 1 aromatic carbocycles. The first kappa shape index (κ1) is 15.1. The lowest BCUT2D eigenvalue weighted by molar-refractivity contribution is -0.145. The molecule has 20 heavy (non-hydrogen) atoms. The van der Waals surface area contributed by atoms with E-state index in [0.717, 1.165) is 6.42 Å². The second-order valence-corrected chi connectivity index (χ2v) is 6.30. The molecule has 0 spiro atoms. The normalized spacial score (nSPS) is 16.5. The highest BCUT2D eigenvalue weighted by Gasteiger charge is 2.38. The molecule has 0 unspecified atom stereocenters. The predicted molar refractivity (Wildman–Crippen MR) is 81.7 cm³/mol. The maximum Gasteiger partial charge on any atom is 0.306 e. The second kappa shape index (κ2) is 6.92. The molecule has 0 radical (unpaired) electrons. The predicted octanol–water partition coefficient (Wildman–Crippen LogP) is 4.44. The lowest BCUT2D eigenvalue weighted by Crippen LogP contribution is -2.32. The maximum absolute atomic E-state index is 11.5. The van der Waals surface area contributed by atoms with Crippen LogP contribution in [0.5, 0.6) is 0 Å². The van der Waals surface area contributed by atoms with Gasteiger partial charge in [-0.15, -0.1) is 0 Å². The summed E-state index contributed by atoms with van der Waals surface area (Å²) in [6.07, 6.45) is 9.04. The van der Waals surface area contributed by atoms with E-state index in [1.807, 2.05) is 0 Å². The highest BCUT2D eigenvalue weighted by molar-refractivity contribution is 5.70. The van der Waals surface area contributed by atoms with E-state index in [0.29, 0.717) is 6.42 Å². The average Bonchev–Trinajstić information content (AvgIpc) is 2.42. The summed E-state index contributed by atoms with van der Waals surface area (Å²) in [7, 11) is 1.49. The van der Waals surface area contributed by atoms with Gasteiger partial charge < -0.3 is 4.74 Å². The number of methoxy groups -OCH3 is 1. The molecule has 1 aliphatic carbocycles. The molecule has 2 rings (SSSR count). The Hall–Kier alpha value is -1.31. The van der Waals surface area contributed by atoms with Crippen LogP contribution >= 0.6 is 0 Å². The SMILES string of the molecule is COC(=O)CC1(CCCCc2ccc(C)cc2)CCC1. The molecule has 0 aromatic heterocycles. The van der Waals surface area contributed by atoms with E-state index in [1.54, 1.807) is 0 Å². The third-order valence-electron chi connectivity index (χ3n) is 4.70. The van der Waals surface area contributed by atoms with Crippen LogP contribution in [0.2, 0.25) is 0 Å². The molecule has 2 nitrogen and oxygen atoms in total. The van der Waals surface area contributed by atoms with Crippen molar-refractivity contribution in [2.75, 3.05) is 7.11 Å². The van der Waals surface area contributed by atoms with E-state index >= 15 is 0 Å². The fourth-order valence-corrected chi connectivity index (χ4v) is 3.15. The minimum absolute atomic E-state index is 0.0387. The van der Waals surface area contributed by atoms with Crippen LogP contribution in [0.25, 0.3) is 0 Å². The van der Waals surface area contributed by atoms with Gasteiger partial charge in [0.15, 0.2) is 0 Å². The van der Waals surface area contributed by atoms with Crippen LogP contribution in [-0.2, 0) is 16.0 Å². The molecule has 0 amide bonds. The Morgan fingerprint density at radius 1 is 1.20 bits per heavy atom. The van der Waals surface area contributed by atoms with E-state index in [9.17, 15) is 4.79 Å². The number of benzene rings is 1. The van der Waals surface area contributed by atoms with Gasteiger partial charge in [-0.25, -0.2) is 0 Å². The molecule has 1 fully saturated rings. The minimum Gasteiger partial charge on any atom is -0.469 e. The number of hydrogen-bond donors (Lipinski definition) is 0. The number of carbonyl (C=O) groups excluding carboxylic acids is 1. The summed E-state index contributed by atoms with van der Waals surface area (Å²) in [5, 5.41) is 0. The van der Waals surface area contributed by atoms with E-state index in [-0.39, 0.29) is 11.4 Å². The third-order valence-corrected chi connectivity index (χ3v) is 4.70.